The maximum Gasteiger partial charge on any atom is 0.273 e. The fraction of sp³-hybridized carbons (Fsp3) is 0. The average Bonchev–Trinajstić information content (AvgIpc) is 3.60. The molecule has 0 spiro atoms. The number of hydrogen-bond acceptors (Lipinski definition) is 6. The van der Waals surface area contributed by atoms with E-state index in [0.717, 1.165) is 22.6 Å². The summed E-state index contributed by atoms with van der Waals surface area (Å²) in [4.78, 5) is 31.6. The third-order valence-electron chi connectivity index (χ3n) is 6.48. The minimum Gasteiger partial charge on any atom is -0.288 e. The topological polar surface area (TPSA) is 93.6 Å². The zero-order valence-electron chi connectivity index (χ0n) is 21.9. The third-order valence-corrected chi connectivity index (χ3v) is 7.57. The van der Waals surface area contributed by atoms with Crippen molar-refractivity contribution in [3.05, 3.63) is 152 Å². The Labute approximate surface area is 243 Å². The van der Waals surface area contributed by atoms with Crippen LogP contribution < -0.4 is 14.8 Å². The lowest BCUT2D eigenvalue weighted by Crippen LogP contribution is -2.31. The summed E-state index contributed by atoms with van der Waals surface area (Å²) < 4.78 is 17.2. The van der Waals surface area contributed by atoms with Gasteiger partial charge in [0.25, 0.3) is 5.56 Å². The molecule has 9 heteroatoms. The number of nitrogens with zero attached hydrogens (tertiary/aromatic N) is 5. The summed E-state index contributed by atoms with van der Waals surface area (Å²) in [6.45, 7) is 0. The highest BCUT2D eigenvalue weighted by molar-refractivity contribution is 7.07. The van der Waals surface area contributed by atoms with Gasteiger partial charge in [0, 0.05) is 35.3 Å². The Kier molecular flexibility index (Phi) is 7.20. The molecule has 0 saturated heterocycles. The first-order valence-electron chi connectivity index (χ1n) is 12.8. The highest BCUT2D eigenvalue weighted by Gasteiger charge is 2.19. The van der Waals surface area contributed by atoms with E-state index in [1.807, 2.05) is 48.7 Å². The molecule has 3 heterocycles. The lowest BCUT2D eigenvalue weighted by molar-refractivity contribution is 0.105. The smallest absolute Gasteiger partial charge is 0.273 e. The molecule has 0 atom stereocenters. The summed E-state index contributed by atoms with van der Waals surface area (Å²) in [5.74, 6) is -0.996. The molecule has 0 N–H and O–H groups in total. The van der Waals surface area contributed by atoms with Crippen LogP contribution in [0.25, 0.3) is 34.3 Å². The van der Waals surface area contributed by atoms with Gasteiger partial charge < -0.3 is 0 Å². The molecule has 0 aliphatic heterocycles. The minimum atomic E-state index is -0.519. The Bertz CT molecular complexity index is 2130. The lowest BCUT2D eigenvalue weighted by Gasteiger charge is -2.04. The molecular weight excluding hydrogens is 549 g/mol. The Balaban J connectivity index is 1.64. The Morgan fingerprint density at radius 2 is 1.62 bits per heavy atom. The largest absolute Gasteiger partial charge is 0.288 e. The number of carbonyl (C=O) groups is 1. The zero-order chi connectivity index (χ0) is 29.1. The van der Waals surface area contributed by atoms with Gasteiger partial charge in [0.2, 0.25) is 5.78 Å². The number of halogens is 1. The first-order chi connectivity index (χ1) is 20.5. The molecule has 6 rings (SSSR count). The fourth-order valence-corrected chi connectivity index (χ4v) is 5.57. The quantitative estimate of drug-likeness (QED) is 0.272. The molecule has 202 valence electrons. The first kappa shape index (κ1) is 26.5. The summed E-state index contributed by atoms with van der Waals surface area (Å²) in [6, 6.07) is 28.9. The van der Waals surface area contributed by atoms with Gasteiger partial charge in [0.05, 0.1) is 15.9 Å². The van der Waals surface area contributed by atoms with E-state index in [9.17, 15) is 19.2 Å². The van der Waals surface area contributed by atoms with E-state index in [1.54, 1.807) is 59.5 Å². The van der Waals surface area contributed by atoms with E-state index < -0.39 is 17.2 Å². The molecule has 0 aliphatic carbocycles. The van der Waals surface area contributed by atoms with Crippen LogP contribution in [0.4, 0.5) is 4.39 Å². The number of rotatable bonds is 6. The predicted molar refractivity (Wildman–Crippen MR) is 159 cm³/mol. The number of para-hydroxylation sites is 1. The third kappa shape index (κ3) is 5.10. The SMILES string of the molecule is N#CC(C(=O)c1ccccc1)=c1sc(=Cc2cn(-c3ccccc3)nc2-c2cccnc2)c(=O)n1-c1ccc(F)cc1. The van der Waals surface area contributed by atoms with Gasteiger partial charge in [-0.3, -0.25) is 19.1 Å². The number of pyridine rings is 1. The van der Waals surface area contributed by atoms with Crippen LogP contribution in [-0.4, -0.2) is 25.1 Å². The Morgan fingerprint density at radius 1 is 0.905 bits per heavy atom. The molecule has 0 radical (unpaired) electrons. The van der Waals surface area contributed by atoms with Gasteiger partial charge in [-0.15, -0.1) is 11.3 Å². The van der Waals surface area contributed by atoms with E-state index in [1.165, 1.54) is 28.8 Å². The summed E-state index contributed by atoms with van der Waals surface area (Å²) in [6.07, 6.45) is 6.85. The van der Waals surface area contributed by atoms with E-state index in [2.05, 4.69) is 4.98 Å². The maximum atomic E-state index is 14.0. The summed E-state index contributed by atoms with van der Waals surface area (Å²) in [5.41, 5.74) is 2.79. The Hall–Kier alpha value is -5.72. The summed E-state index contributed by atoms with van der Waals surface area (Å²) >= 11 is 1.01. The zero-order valence-corrected chi connectivity index (χ0v) is 22.7. The van der Waals surface area contributed by atoms with Crippen molar-refractivity contribution in [2.75, 3.05) is 0 Å². The molecule has 0 bridgehead atoms. The normalized spacial score (nSPS) is 12.1. The Morgan fingerprint density at radius 3 is 2.29 bits per heavy atom. The van der Waals surface area contributed by atoms with E-state index in [4.69, 9.17) is 5.10 Å². The van der Waals surface area contributed by atoms with Crippen LogP contribution in [0.5, 0.6) is 0 Å². The predicted octanol–water partition coefficient (Wildman–Crippen LogP) is 4.67. The molecule has 42 heavy (non-hydrogen) atoms. The van der Waals surface area contributed by atoms with Gasteiger partial charge in [-0.05, 0) is 54.6 Å². The molecule has 3 aromatic carbocycles. The molecule has 0 amide bonds. The fourth-order valence-electron chi connectivity index (χ4n) is 4.48. The molecule has 0 unspecified atom stereocenters. The number of hydrogen-bond donors (Lipinski definition) is 0. The highest BCUT2D eigenvalue weighted by atomic mass is 32.1. The molecule has 0 saturated carbocycles. The van der Waals surface area contributed by atoms with E-state index in [-0.39, 0.29) is 14.8 Å². The summed E-state index contributed by atoms with van der Waals surface area (Å²) in [7, 11) is 0. The van der Waals surface area contributed by atoms with Crippen molar-refractivity contribution in [3.63, 3.8) is 0 Å². The number of benzene rings is 3. The number of Topliss-reactive ketones (excluding diaryl/α,β-unsaturated/α-hetero) is 1. The van der Waals surface area contributed by atoms with E-state index in [0.29, 0.717) is 22.5 Å². The van der Waals surface area contributed by atoms with Crippen molar-refractivity contribution in [1.82, 2.24) is 19.3 Å². The molecule has 3 aromatic heterocycles. The first-order valence-corrected chi connectivity index (χ1v) is 13.6. The van der Waals surface area contributed by atoms with Crippen LogP contribution in [0.1, 0.15) is 15.9 Å². The van der Waals surface area contributed by atoms with Crippen molar-refractivity contribution >= 4 is 28.8 Å². The molecule has 7 nitrogen and oxygen atoms in total. The summed E-state index contributed by atoms with van der Waals surface area (Å²) in [5, 5.41) is 14.9. The van der Waals surface area contributed by atoms with Crippen molar-refractivity contribution in [2.45, 2.75) is 0 Å². The monoisotopic (exact) mass is 569 g/mol. The van der Waals surface area contributed by atoms with Crippen LogP contribution in [0.15, 0.2) is 120 Å². The standard InChI is InChI=1S/C33H20FN5O2S/c34-25-13-15-27(16-14-25)39-32(41)29(42-33(39)28(19-35)31(40)22-8-3-1-4-9-22)18-24-21-38(26-11-5-2-6-12-26)37-30(24)23-10-7-17-36-20-23/h1-18,20-21H. The average molecular weight is 570 g/mol. The van der Waals surface area contributed by atoms with Crippen LogP contribution in [0, 0.1) is 17.1 Å². The number of carbonyl (C=O) groups excluding carboxylic acids is 1. The minimum absolute atomic E-state index is 0.146. The van der Waals surface area contributed by atoms with Crippen LogP contribution in [-0.2, 0) is 0 Å². The van der Waals surface area contributed by atoms with Crippen molar-refractivity contribution < 1.29 is 9.18 Å². The van der Waals surface area contributed by atoms with Crippen LogP contribution in [0.2, 0.25) is 0 Å². The molecule has 0 aliphatic rings. The second-order valence-electron chi connectivity index (χ2n) is 9.17. The van der Waals surface area contributed by atoms with Crippen LogP contribution in [0.3, 0.4) is 0 Å². The van der Waals surface area contributed by atoms with Gasteiger partial charge in [-0.25, -0.2) is 9.07 Å². The maximum absolute atomic E-state index is 14.0. The van der Waals surface area contributed by atoms with Gasteiger partial charge in [0.15, 0.2) is 0 Å². The highest BCUT2D eigenvalue weighted by Crippen LogP contribution is 2.23. The van der Waals surface area contributed by atoms with Crippen molar-refractivity contribution in [3.8, 4) is 28.7 Å². The van der Waals surface area contributed by atoms with Gasteiger partial charge in [0.1, 0.15) is 27.8 Å². The molecule has 6 aromatic rings. The second kappa shape index (κ2) is 11.4. The van der Waals surface area contributed by atoms with E-state index >= 15 is 0 Å². The second-order valence-corrected chi connectivity index (χ2v) is 10.2. The number of nitriles is 1. The number of ketones is 1. The van der Waals surface area contributed by atoms with Crippen molar-refractivity contribution in [2.24, 2.45) is 0 Å². The van der Waals surface area contributed by atoms with Gasteiger partial charge in [-0.1, -0.05) is 48.5 Å². The van der Waals surface area contributed by atoms with Crippen molar-refractivity contribution in [1.29, 1.82) is 5.26 Å². The van der Waals surface area contributed by atoms with Gasteiger partial charge in [-0.2, -0.15) is 10.4 Å². The van der Waals surface area contributed by atoms with Crippen LogP contribution >= 0.6 is 11.3 Å². The molecular formula is C33H20FN5O2S. The number of aromatic nitrogens is 4. The van der Waals surface area contributed by atoms with Gasteiger partial charge >= 0.3 is 0 Å². The lowest BCUT2D eigenvalue weighted by atomic mass is 10.1. The molecule has 0 fully saturated rings. The number of thiazole rings is 1.